The minimum absolute atomic E-state index is 0.0359. The topological polar surface area (TPSA) is 75.9 Å². The number of benzene rings is 1. The molecule has 162 valence electrons. The van der Waals surface area contributed by atoms with Gasteiger partial charge in [0, 0.05) is 37.0 Å². The highest BCUT2D eigenvalue weighted by atomic mass is 19.1. The zero-order valence-electron chi connectivity index (χ0n) is 18.0. The molecule has 0 spiro atoms. The summed E-state index contributed by atoms with van der Waals surface area (Å²) in [5.41, 5.74) is 2.86. The smallest absolute Gasteiger partial charge is 0.227 e. The van der Waals surface area contributed by atoms with Gasteiger partial charge in [0.2, 0.25) is 11.9 Å². The van der Waals surface area contributed by atoms with Crippen LogP contribution in [0.5, 0.6) is 0 Å². The molecule has 1 N–H and O–H groups in total. The molecule has 2 aromatic heterocycles. The third-order valence-corrected chi connectivity index (χ3v) is 5.73. The number of carbonyl (C=O) groups is 1. The fourth-order valence-electron chi connectivity index (χ4n) is 3.98. The first-order chi connectivity index (χ1) is 14.9. The number of aromatic nitrogens is 4. The number of amides is 1. The van der Waals surface area contributed by atoms with Gasteiger partial charge in [-0.05, 0) is 57.4 Å². The molecule has 1 aliphatic rings. The number of nitrogens with zero attached hydrogens (tertiary/aromatic N) is 5. The van der Waals surface area contributed by atoms with Crippen LogP contribution in [-0.4, -0.2) is 38.7 Å². The highest BCUT2D eigenvalue weighted by Gasteiger charge is 2.27. The molecule has 3 heterocycles. The van der Waals surface area contributed by atoms with Crippen LogP contribution in [0.25, 0.3) is 5.82 Å². The van der Waals surface area contributed by atoms with Crippen molar-refractivity contribution < 1.29 is 9.18 Å². The first-order valence-corrected chi connectivity index (χ1v) is 10.6. The summed E-state index contributed by atoms with van der Waals surface area (Å²) in [6.45, 7) is 7.29. The highest BCUT2D eigenvalue weighted by molar-refractivity contribution is 5.79. The molecule has 1 aromatic carbocycles. The van der Waals surface area contributed by atoms with Crippen molar-refractivity contribution >= 4 is 11.9 Å². The Kier molecular flexibility index (Phi) is 5.97. The fourth-order valence-corrected chi connectivity index (χ4v) is 3.98. The Labute approximate surface area is 181 Å². The van der Waals surface area contributed by atoms with Crippen LogP contribution in [0.2, 0.25) is 0 Å². The molecule has 1 atom stereocenters. The Morgan fingerprint density at radius 2 is 1.87 bits per heavy atom. The summed E-state index contributed by atoms with van der Waals surface area (Å²) in [6.07, 6.45) is 3.21. The van der Waals surface area contributed by atoms with E-state index in [0.29, 0.717) is 19.0 Å². The molecule has 7 nitrogen and oxygen atoms in total. The molecule has 0 unspecified atom stereocenters. The Balaban J connectivity index is 1.36. The maximum absolute atomic E-state index is 13.1. The van der Waals surface area contributed by atoms with E-state index in [1.54, 1.807) is 18.3 Å². The van der Waals surface area contributed by atoms with Gasteiger partial charge in [-0.15, -0.1) is 0 Å². The first kappa shape index (κ1) is 21.0. The first-order valence-electron chi connectivity index (χ1n) is 10.6. The molecular formula is C23H27FN6O. The van der Waals surface area contributed by atoms with Gasteiger partial charge in [-0.2, -0.15) is 10.1 Å². The third kappa shape index (κ3) is 4.73. The molecule has 3 aromatic rings. The molecule has 1 fully saturated rings. The summed E-state index contributed by atoms with van der Waals surface area (Å²) < 4.78 is 14.9. The molecule has 4 rings (SSSR count). The summed E-state index contributed by atoms with van der Waals surface area (Å²) in [5.74, 6) is 1.10. The Hall–Kier alpha value is -3.29. The van der Waals surface area contributed by atoms with Gasteiger partial charge in [0.25, 0.3) is 0 Å². The number of aryl methyl sites for hydroxylation is 2. The van der Waals surface area contributed by atoms with E-state index in [9.17, 15) is 9.18 Å². The normalized spacial score (nSPS) is 15.7. The quantitative estimate of drug-likeness (QED) is 0.681. The minimum atomic E-state index is -0.279. The minimum Gasteiger partial charge on any atom is -0.349 e. The van der Waals surface area contributed by atoms with Crippen LogP contribution in [0.4, 0.5) is 10.3 Å². The zero-order chi connectivity index (χ0) is 22.0. The lowest BCUT2D eigenvalue weighted by Gasteiger charge is -2.32. The molecule has 1 amide bonds. The van der Waals surface area contributed by atoms with E-state index < -0.39 is 0 Å². The van der Waals surface area contributed by atoms with E-state index in [1.807, 2.05) is 37.6 Å². The van der Waals surface area contributed by atoms with Gasteiger partial charge >= 0.3 is 0 Å². The second-order valence-corrected chi connectivity index (χ2v) is 8.10. The number of rotatable bonds is 5. The van der Waals surface area contributed by atoms with Crippen LogP contribution in [-0.2, 0) is 4.79 Å². The standard InChI is InChI=1S/C23H27FN6O/c1-15-14-16(2)30(28-15)21-8-11-25-23(27-21)29-12-9-19(10-13-29)22(31)26-17(3)18-4-6-20(24)7-5-18/h4-8,11,14,17,19H,9-10,12-13H2,1-3H3,(H,26,31)/t17-/m0/s1. The molecule has 0 bridgehead atoms. The number of piperidine rings is 1. The van der Waals surface area contributed by atoms with E-state index in [4.69, 9.17) is 0 Å². The summed E-state index contributed by atoms with van der Waals surface area (Å²) >= 11 is 0. The number of hydrogen-bond acceptors (Lipinski definition) is 5. The van der Waals surface area contributed by atoms with Gasteiger partial charge in [0.05, 0.1) is 11.7 Å². The maximum atomic E-state index is 13.1. The predicted molar refractivity (Wildman–Crippen MR) is 117 cm³/mol. The molecule has 1 aliphatic heterocycles. The van der Waals surface area contributed by atoms with Crippen molar-refractivity contribution in [1.29, 1.82) is 0 Å². The van der Waals surface area contributed by atoms with Crippen molar-refractivity contribution in [3.8, 4) is 5.82 Å². The van der Waals surface area contributed by atoms with Crippen molar-refractivity contribution in [3.05, 3.63) is 65.4 Å². The van der Waals surface area contributed by atoms with Crippen molar-refractivity contribution in [2.75, 3.05) is 18.0 Å². The van der Waals surface area contributed by atoms with Gasteiger partial charge in [0.15, 0.2) is 5.82 Å². The second-order valence-electron chi connectivity index (χ2n) is 8.10. The average molecular weight is 423 g/mol. The monoisotopic (exact) mass is 422 g/mol. The number of carbonyl (C=O) groups excluding carboxylic acids is 1. The molecule has 1 saturated heterocycles. The number of nitrogens with one attached hydrogen (secondary N) is 1. The van der Waals surface area contributed by atoms with E-state index in [-0.39, 0.29) is 23.7 Å². The lowest BCUT2D eigenvalue weighted by molar-refractivity contribution is -0.126. The van der Waals surface area contributed by atoms with Crippen molar-refractivity contribution in [1.82, 2.24) is 25.1 Å². The van der Waals surface area contributed by atoms with E-state index >= 15 is 0 Å². The number of anilines is 1. The number of halogens is 1. The second kappa shape index (κ2) is 8.83. The van der Waals surface area contributed by atoms with Crippen LogP contribution < -0.4 is 10.2 Å². The Morgan fingerprint density at radius 1 is 1.16 bits per heavy atom. The van der Waals surface area contributed by atoms with Gasteiger partial charge < -0.3 is 10.2 Å². The van der Waals surface area contributed by atoms with Gasteiger partial charge in [-0.25, -0.2) is 14.1 Å². The molecular weight excluding hydrogens is 395 g/mol. The van der Waals surface area contributed by atoms with Crippen molar-refractivity contribution in [2.45, 2.75) is 39.7 Å². The average Bonchev–Trinajstić information content (AvgIpc) is 3.12. The number of hydrogen-bond donors (Lipinski definition) is 1. The third-order valence-electron chi connectivity index (χ3n) is 5.73. The Bertz CT molecular complexity index is 1060. The van der Waals surface area contributed by atoms with E-state index in [0.717, 1.165) is 35.6 Å². The van der Waals surface area contributed by atoms with Crippen LogP contribution in [0.3, 0.4) is 0 Å². The summed E-state index contributed by atoms with van der Waals surface area (Å²) in [4.78, 5) is 24.0. The summed E-state index contributed by atoms with van der Waals surface area (Å²) in [6, 6.07) is 9.94. The lowest BCUT2D eigenvalue weighted by atomic mass is 9.95. The fraction of sp³-hybridized carbons (Fsp3) is 0.391. The Morgan fingerprint density at radius 3 is 2.52 bits per heavy atom. The molecule has 31 heavy (non-hydrogen) atoms. The summed E-state index contributed by atoms with van der Waals surface area (Å²) in [5, 5.41) is 7.55. The molecule has 0 radical (unpaired) electrons. The maximum Gasteiger partial charge on any atom is 0.227 e. The van der Waals surface area contributed by atoms with Crippen LogP contribution >= 0.6 is 0 Å². The van der Waals surface area contributed by atoms with E-state index in [2.05, 4.69) is 25.3 Å². The lowest BCUT2D eigenvalue weighted by Crippen LogP contribution is -2.41. The largest absolute Gasteiger partial charge is 0.349 e. The van der Waals surface area contributed by atoms with Crippen LogP contribution in [0.1, 0.15) is 42.8 Å². The van der Waals surface area contributed by atoms with Crippen molar-refractivity contribution in [3.63, 3.8) is 0 Å². The van der Waals surface area contributed by atoms with E-state index in [1.165, 1.54) is 12.1 Å². The molecule has 0 aliphatic carbocycles. The summed E-state index contributed by atoms with van der Waals surface area (Å²) in [7, 11) is 0. The molecule has 8 heteroatoms. The van der Waals surface area contributed by atoms with Gasteiger partial charge in [-0.3, -0.25) is 4.79 Å². The van der Waals surface area contributed by atoms with Gasteiger partial charge in [0.1, 0.15) is 5.82 Å². The zero-order valence-corrected chi connectivity index (χ0v) is 18.0. The van der Waals surface area contributed by atoms with Crippen molar-refractivity contribution in [2.24, 2.45) is 5.92 Å². The highest BCUT2D eigenvalue weighted by Crippen LogP contribution is 2.23. The van der Waals surface area contributed by atoms with Crippen LogP contribution in [0.15, 0.2) is 42.6 Å². The van der Waals surface area contributed by atoms with Crippen LogP contribution in [0, 0.1) is 25.6 Å². The van der Waals surface area contributed by atoms with Gasteiger partial charge in [-0.1, -0.05) is 12.1 Å². The molecule has 0 saturated carbocycles. The predicted octanol–water partition coefficient (Wildman–Crippen LogP) is 3.51. The SMILES string of the molecule is Cc1cc(C)n(-c2ccnc(N3CCC(C(=O)N[C@@H](C)c4ccc(F)cc4)CC3)n2)n1.